The topological polar surface area (TPSA) is 49.6 Å². The monoisotopic (exact) mass is 291 g/mol. The van der Waals surface area contributed by atoms with Gasteiger partial charge in [-0.3, -0.25) is 9.69 Å². The summed E-state index contributed by atoms with van der Waals surface area (Å²) >= 11 is 1.66. The Balaban J connectivity index is 1.82. The largest absolute Gasteiger partial charge is 0.342 e. The minimum absolute atomic E-state index is 0.240. The van der Waals surface area contributed by atoms with Gasteiger partial charge in [-0.25, -0.2) is 0 Å². The van der Waals surface area contributed by atoms with Crippen molar-refractivity contribution in [2.75, 3.05) is 33.2 Å². The molecule has 0 aliphatic carbocycles. The summed E-state index contributed by atoms with van der Waals surface area (Å²) in [5.74, 6) is 6.13. The molecule has 1 aliphatic rings. The van der Waals surface area contributed by atoms with Gasteiger partial charge in [0.25, 0.3) is 0 Å². The summed E-state index contributed by atoms with van der Waals surface area (Å²) in [7, 11) is 1.99. The fourth-order valence-corrected chi connectivity index (χ4v) is 3.25. The van der Waals surface area contributed by atoms with Crippen molar-refractivity contribution in [2.45, 2.75) is 19.4 Å². The quantitative estimate of drug-likeness (QED) is 0.846. The number of rotatable bonds is 4. The van der Waals surface area contributed by atoms with E-state index in [4.69, 9.17) is 5.73 Å². The molecule has 1 saturated heterocycles. The predicted octanol–water partition coefficient (Wildman–Crippen LogP) is 1.11. The summed E-state index contributed by atoms with van der Waals surface area (Å²) in [6.45, 7) is 3.50. The van der Waals surface area contributed by atoms with Gasteiger partial charge in [0.15, 0.2) is 0 Å². The Morgan fingerprint density at radius 2 is 2.20 bits per heavy atom. The van der Waals surface area contributed by atoms with Crippen molar-refractivity contribution < 1.29 is 4.79 Å². The van der Waals surface area contributed by atoms with Crippen LogP contribution in [0.25, 0.3) is 0 Å². The Morgan fingerprint density at radius 1 is 1.45 bits per heavy atom. The molecule has 0 atom stereocenters. The first-order valence-corrected chi connectivity index (χ1v) is 7.74. The van der Waals surface area contributed by atoms with Crippen LogP contribution < -0.4 is 5.73 Å². The highest BCUT2D eigenvalue weighted by Gasteiger charge is 2.19. The number of likely N-dealkylation sites (tertiary alicyclic amines) is 1. The molecule has 0 radical (unpaired) electrons. The van der Waals surface area contributed by atoms with Gasteiger partial charge in [0.05, 0.1) is 18.0 Å². The smallest absolute Gasteiger partial charge is 0.236 e. The lowest BCUT2D eigenvalue weighted by Crippen LogP contribution is -2.36. The van der Waals surface area contributed by atoms with Gasteiger partial charge in [0, 0.05) is 24.5 Å². The molecule has 1 aliphatic heterocycles. The second kappa shape index (κ2) is 7.44. The highest BCUT2D eigenvalue weighted by Crippen LogP contribution is 2.17. The SMILES string of the molecule is CN(CC(=O)N1CCCC1)Cc1ccc(C#CCN)s1. The van der Waals surface area contributed by atoms with E-state index in [1.54, 1.807) is 11.3 Å². The van der Waals surface area contributed by atoms with Crippen LogP contribution in [0.5, 0.6) is 0 Å². The van der Waals surface area contributed by atoms with Gasteiger partial charge >= 0.3 is 0 Å². The second-order valence-electron chi connectivity index (χ2n) is 5.03. The van der Waals surface area contributed by atoms with Crippen LogP contribution in [-0.2, 0) is 11.3 Å². The van der Waals surface area contributed by atoms with Crippen molar-refractivity contribution in [3.63, 3.8) is 0 Å². The van der Waals surface area contributed by atoms with Gasteiger partial charge in [-0.15, -0.1) is 11.3 Å². The molecule has 0 aromatic carbocycles. The first-order valence-electron chi connectivity index (χ1n) is 6.93. The van der Waals surface area contributed by atoms with Crippen LogP contribution in [0.3, 0.4) is 0 Å². The maximum Gasteiger partial charge on any atom is 0.236 e. The lowest BCUT2D eigenvalue weighted by Gasteiger charge is -2.20. The van der Waals surface area contributed by atoms with E-state index in [1.165, 1.54) is 4.88 Å². The Hall–Kier alpha value is -1.35. The fraction of sp³-hybridized carbons (Fsp3) is 0.533. The van der Waals surface area contributed by atoms with Crippen LogP contribution in [0.1, 0.15) is 22.6 Å². The third-order valence-corrected chi connectivity index (χ3v) is 4.25. The summed E-state index contributed by atoms with van der Waals surface area (Å²) in [5, 5.41) is 0. The molecule has 2 N–H and O–H groups in total. The number of nitrogens with two attached hydrogens (primary N) is 1. The number of carbonyl (C=O) groups excluding carboxylic acids is 1. The molecule has 5 heteroatoms. The van der Waals surface area contributed by atoms with Gasteiger partial charge in [-0.2, -0.15) is 0 Å². The third kappa shape index (κ3) is 4.34. The minimum Gasteiger partial charge on any atom is -0.342 e. The molecule has 2 rings (SSSR count). The van der Waals surface area contributed by atoms with Gasteiger partial charge in [0.2, 0.25) is 5.91 Å². The molecule has 0 unspecified atom stereocenters. The number of hydrogen-bond acceptors (Lipinski definition) is 4. The number of carbonyl (C=O) groups is 1. The van der Waals surface area contributed by atoms with Crippen molar-refractivity contribution in [3.8, 4) is 11.8 Å². The summed E-state index contributed by atoms with van der Waals surface area (Å²) in [6, 6.07) is 4.08. The Bertz CT molecular complexity index is 509. The van der Waals surface area contributed by atoms with Gasteiger partial charge < -0.3 is 10.6 Å². The Kier molecular flexibility index (Phi) is 5.60. The maximum atomic E-state index is 12.0. The first kappa shape index (κ1) is 15.0. The molecule has 0 bridgehead atoms. The maximum absolute atomic E-state index is 12.0. The van der Waals surface area contributed by atoms with E-state index in [1.807, 2.05) is 18.0 Å². The highest BCUT2D eigenvalue weighted by atomic mass is 32.1. The molecule has 1 amide bonds. The van der Waals surface area contributed by atoms with Crippen LogP contribution in [0, 0.1) is 11.8 Å². The van der Waals surface area contributed by atoms with E-state index in [9.17, 15) is 4.79 Å². The lowest BCUT2D eigenvalue weighted by molar-refractivity contribution is -0.131. The van der Waals surface area contributed by atoms with Crippen LogP contribution in [0.4, 0.5) is 0 Å². The Morgan fingerprint density at radius 3 is 2.90 bits per heavy atom. The van der Waals surface area contributed by atoms with Crippen LogP contribution in [-0.4, -0.2) is 48.9 Å². The van der Waals surface area contributed by atoms with Crippen molar-refractivity contribution >= 4 is 17.2 Å². The normalized spacial score (nSPS) is 14.4. The molecule has 2 heterocycles. The number of amides is 1. The number of nitrogens with zero attached hydrogens (tertiary/aromatic N) is 2. The molecular weight excluding hydrogens is 270 g/mol. The van der Waals surface area contributed by atoms with Crippen molar-refractivity contribution in [2.24, 2.45) is 5.73 Å². The van der Waals surface area contributed by atoms with Crippen LogP contribution in [0.2, 0.25) is 0 Å². The summed E-state index contributed by atoms with van der Waals surface area (Å²) in [5.41, 5.74) is 5.36. The molecule has 108 valence electrons. The summed E-state index contributed by atoms with van der Waals surface area (Å²) in [6.07, 6.45) is 2.28. The van der Waals surface area contributed by atoms with E-state index >= 15 is 0 Å². The standard InChI is InChI=1S/C15H21N3OS/c1-17(12-15(19)18-9-2-3-10-18)11-14-7-6-13(20-14)5-4-8-16/h6-7H,2-3,8-12,16H2,1H3. The van der Waals surface area contributed by atoms with Crippen molar-refractivity contribution in [1.82, 2.24) is 9.80 Å². The van der Waals surface area contributed by atoms with Crippen molar-refractivity contribution in [3.05, 3.63) is 21.9 Å². The highest BCUT2D eigenvalue weighted by molar-refractivity contribution is 7.12. The molecule has 1 aromatic rings. The summed E-state index contributed by atoms with van der Waals surface area (Å²) in [4.78, 5) is 18.3. The zero-order valence-corrected chi connectivity index (χ0v) is 12.7. The number of thiophene rings is 1. The van der Waals surface area contributed by atoms with Crippen molar-refractivity contribution in [1.29, 1.82) is 0 Å². The summed E-state index contributed by atoms with van der Waals surface area (Å²) < 4.78 is 0. The molecule has 20 heavy (non-hydrogen) atoms. The molecule has 0 spiro atoms. The lowest BCUT2D eigenvalue weighted by atomic mass is 10.4. The Labute approximate surface area is 124 Å². The molecule has 4 nitrogen and oxygen atoms in total. The third-order valence-electron chi connectivity index (χ3n) is 3.27. The zero-order valence-electron chi connectivity index (χ0n) is 11.9. The van der Waals surface area contributed by atoms with Crippen LogP contribution in [0.15, 0.2) is 12.1 Å². The van der Waals surface area contributed by atoms with E-state index in [-0.39, 0.29) is 5.91 Å². The molecular formula is C15H21N3OS. The average Bonchev–Trinajstić information content (AvgIpc) is 3.07. The van der Waals surface area contributed by atoms with E-state index in [2.05, 4.69) is 22.8 Å². The zero-order chi connectivity index (χ0) is 14.4. The van der Waals surface area contributed by atoms with Gasteiger partial charge in [-0.1, -0.05) is 11.8 Å². The van der Waals surface area contributed by atoms with E-state index in [0.717, 1.165) is 37.4 Å². The first-order chi connectivity index (χ1) is 9.69. The average molecular weight is 291 g/mol. The van der Waals surface area contributed by atoms with Gasteiger partial charge in [-0.05, 0) is 32.0 Å². The fourth-order valence-electron chi connectivity index (χ4n) is 2.29. The molecule has 1 aromatic heterocycles. The van der Waals surface area contributed by atoms with Crippen LogP contribution >= 0.6 is 11.3 Å². The molecule has 0 saturated carbocycles. The molecule has 1 fully saturated rings. The van der Waals surface area contributed by atoms with Gasteiger partial charge in [0.1, 0.15) is 0 Å². The minimum atomic E-state index is 0.240. The predicted molar refractivity (Wildman–Crippen MR) is 82.4 cm³/mol. The van der Waals surface area contributed by atoms with E-state index < -0.39 is 0 Å². The number of hydrogen-bond donors (Lipinski definition) is 1. The van der Waals surface area contributed by atoms with E-state index in [0.29, 0.717) is 13.1 Å². The number of likely N-dealkylation sites (N-methyl/N-ethyl adjacent to an activating group) is 1. The second-order valence-corrected chi connectivity index (χ2v) is 6.20.